The lowest BCUT2D eigenvalue weighted by Gasteiger charge is -2.15. The third-order valence-electron chi connectivity index (χ3n) is 3.16. The summed E-state index contributed by atoms with van der Waals surface area (Å²) in [6, 6.07) is 2.68. The zero-order chi connectivity index (χ0) is 12.7. The average Bonchev–Trinajstić information content (AvgIpc) is 2.76. The monoisotopic (exact) mass is 238 g/mol. The first-order chi connectivity index (χ1) is 8.21. The third-order valence-corrected chi connectivity index (χ3v) is 3.16. The van der Waals surface area contributed by atoms with E-state index in [1.54, 1.807) is 0 Å². The molecule has 0 bridgehead atoms. The Hall–Kier alpha value is -0.870. The molecule has 0 aliphatic heterocycles. The van der Waals surface area contributed by atoms with Gasteiger partial charge >= 0.3 is 0 Å². The maximum Gasteiger partial charge on any atom is 0.0764 e. The van der Waals surface area contributed by atoms with Crippen molar-refractivity contribution in [3.8, 4) is 0 Å². The molecule has 0 aromatic carbocycles. The summed E-state index contributed by atoms with van der Waals surface area (Å²) in [5, 5.41) is 7.81. The van der Waals surface area contributed by atoms with Gasteiger partial charge in [-0.1, -0.05) is 13.8 Å². The Bertz CT molecular complexity index is 304. The molecule has 1 aromatic heterocycles. The van der Waals surface area contributed by atoms with Crippen molar-refractivity contribution in [2.75, 3.05) is 27.2 Å². The van der Waals surface area contributed by atoms with E-state index in [9.17, 15) is 0 Å². The normalized spacial score (nSPS) is 11.6. The van der Waals surface area contributed by atoms with Gasteiger partial charge in [-0.15, -0.1) is 0 Å². The van der Waals surface area contributed by atoms with Gasteiger partial charge in [-0.05, 0) is 33.0 Å². The van der Waals surface area contributed by atoms with Crippen molar-refractivity contribution in [3.05, 3.63) is 18.0 Å². The lowest BCUT2D eigenvalue weighted by Crippen LogP contribution is -2.27. The van der Waals surface area contributed by atoms with Crippen LogP contribution in [0.5, 0.6) is 0 Å². The summed E-state index contributed by atoms with van der Waals surface area (Å²) in [6.45, 7) is 7.43. The van der Waals surface area contributed by atoms with Gasteiger partial charge in [0.05, 0.1) is 11.7 Å². The quantitative estimate of drug-likeness (QED) is 0.751. The Morgan fingerprint density at radius 1 is 1.41 bits per heavy atom. The molecule has 0 amide bonds. The van der Waals surface area contributed by atoms with Gasteiger partial charge in [0.2, 0.25) is 0 Å². The lowest BCUT2D eigenvalue weighted by atomic mass is 10.2. The minimum absolute atomic E-state index is 0.548. The molecule has 1 N–H and O–H groups in total. The molecule has 1 aromatic rings. The van der Waals surface area contributed by atoms with E-state index in [1.165, 1.54) is 0 Å². The van der Waals surface area contributed by atoms with Crippen molar-refractivity contribution in [2.45, 2.75) is 39.3 Å². The molecule has 0 radical (unpaired) electrons. The highest BCUT2D eigenvalue weighted by molar-refractivity contribution is 4.99. The molecule has 0 aliphatic carbocycles. The number of hydrogen-bond acceptors (Lipinski definition) is 3. The second-order valence-corrected chi connectivity index (χ2v) is 4.60. The highest BCUT2D eigenvalue weighted by Crippen LogP contribution is 2.14. The van der Waals surface area contributed by atoms with Crippen LogP contribution in [0.3, 0.4) is 0 Å². The predicted molar refractivity (Wildman–Crippen MR) is 72.1 cm³/mol. The number of aromatic nitrogens is 2. The molecule has 0 spiro atoms. The molecular formula is C13H26N4. The second kappa shape index (κ2) is 7.45. The molecule has 0 fully saturated rings. The van der Waals surface area contributed by atoms with Crippen molar-refractivity contribution in [1.29, 1.82) is 0 Å². The van der Waals surface area contributed by atoms with E-state index in [0.29, 0.717) is 6.04 Å². The number of nitrogens with one attached hydrogen (secondary N) is 1. The summed E-state index contributed by atoms with van der Waals surface area (Å²) in [5.41, 5.74) is 1.16. The first-order valence-electron chi connectivity index (χ1n) is 6.58. The minimum Gasteiger partial charge on any atom is -0.318 e. The molecule has 0 unspecified atom stereocenters. The van der Waals surface area contributed by atoms with Crippen LogP contribution in [0.2, 0.25) is 0 Å². The number of hydrogen-bond donors (Lipinski definition) is 1. The van der Waals surface area contributed by atoms with Crippen LogP contribution in [0, 0.1) is 0 Å². The van der Waals surface area contributed by atoms with Gasteiger partial charge in [0.25, 0.3) is 0 Å². The van der Waals surface area contributed by atoms with Crippen LogP contribution in [-0.4, -0.2) is 41.9 Å². The fraction of sp³-hybridized carbons (Fsp3) is 0.769. The molecule has 1 rings (SSSR count). The summed E-state index contributed by atoms with van der Waals surface area (Å²) >= 11 is 0. The van der Waals surface area contributed by atoms with Crippen LogP contribution < -0.4 is 5.32 Å². The summed E-state index contributed by atoms with van der Waals surface area (Å²) in [6.07, 6.45) is 4.40. The van der Waals surface area contributed by atoms with Crippen LogP contribution in [0.15, 0.2) is 12.3 Å². The Labute approximate surface area is 105 Å². The Balaban J connectivity index is 2.50. The van der Waals surface area contributed by atoms with Gasteiger partial charge in [-0.25, -0.2) is 0 Å². The topological polar surface area (TPSA) is 33.1 Å². The SMILES string of the molecule is CCC(CC)n1ccc(CN(C)CCNC)n1. The van der Waals surface area contributed by atoms with Gasteiger partial charge < -0.3 is 5.32 Å². The maximum atomic E-state index is 4.65. The summed E-state index contributed by atoms with van der Waals surface area (Å²) < 4.78 is 2.11. The van der Waals surface area contributed by atoms with E-state index >= 15 is 0 Å². The van der Waals surface area contributed by atoms with Gasteiger partial charge in [0.15, 0.2) is 0 Å². The van der Waals surface area contributed by atoms with Crippen LogP contribution >= 0.6 is 0 Å². The summed E-state index contributed by atoms with van der Waals surface area (Å²) in [4.78, 5) is 2.29. The van der Waals surface area contributed by atoms with Crippen molar-refractivity contribution in [3.63, 3.8) is 0 Å². The third kappa shape index (κ3) is 4.48. The van der Waals surface area contributed by atoms with Crippen LogP contribution in [0.25, 0.3) is 0 Å². The zero-order valence-corrected chi connectivity index (χ0v) is 11.6. The molecule has 0 saturated heterocycles. The fourth-order valence-corrected chi connectivity index (χ4v) is 1.99. The van der Waals surface area contributed by atoms with Gasteiger partial charge in [0, 0.05) is 25.8 Å². The molecule has 0 saturated carbocycles. The Kier molecular flexibility index (Phi) is 6.22. The van der Waals surface area contributed by atoms with Gasteiger partial charge in [0.1, 0.15) is 0 Å². The van der Waals surface area contributed by atoms with Crippen molar-refractivity contribution >= 4 is 0 Å². The van der Waals surface area contributed by atoms with E-state index in [4.69, 9.17) is 0 Å². The molecule has 98 valence electrons. The van der Waals surface area contributed by atoms with Gasteiger partial charge in [-0.2, -0.15) is 5.10 Å². The Morgan fingerprint density at radius 2 is 2.12 bits per heavy atom. The highest BCUT2D eigenvalue weighted by Gasteiger charge is 2.08. The van der Waals surface area contributed by atoms with E-state index < -0.39 is 0 Å². The summed E-state index contributed by atoms with van der Waals surface area (Å²) in [5.74, 6) is 0. The molecule has 1 heterocycles. The molecular weight excluding hydrogens is 212 g/mol. The molecule has 17 heavy (non-hydrogen) atoms. The van der Waals surface area contributed by atoms with Crippen molar-refractivity contribution < 1.29 is 0 Å². The summed E-state index contributed by atoms with van der Waals surface area (Å²) in [7, 11) is 4.11. The first kappa shape index (κ1) is 14.2. The smallest absolute Gasteiger partial charge is 0.0764 e. The Morgan fingerprint density at radius 3 is 2.71 bits per heavy atom. The van der Waals surface area contributed by atoms with Crippen molar-refractivity contribution in [2.24, 2.45) is 0 Å². The lowest BCUT2D eigenvalue weighted by molar-refractivity contribution is 0.320. The number of rotatable bonds is 8. The largest absolute Gasteiger partial charge is 0.318 e. The average molecular weight is 238 g/mol. The zero-order valence-electron chi connectivity index (χ0n) is 11.6. The van der Waals surface area contributed by atoms with E-state index in [2.05, 4.69) is 53.2 Å². The number of likely N-dealkylation sites (N-methyl/N-ethyl adjacent to an activating group) is 2. The van der Waals surface area contributed by atoms with E-state index in [1.807, 2.05) is 7.05 Å². The van der Waals surface area contributed by atoms with Crippen LogP contribution in [-0.2, 0) is 6.54 Å². The van der Waals surface area contributed by atoms with Crippen LogP contribution in [0.1, 0.15) is 38.4 Å². The molecule has 0 atom stereocenters. The fourth-order valence-electron chi connectivity index (χ4n) is 1.99. The highest BCUT2D eigenvalue weighted by atomic mass is 15.3. The molecule has 0 aliphatic rings. The molecule has 4 heteroatoms. The van der Waals surface area contributed by atoms with Crippen molar-refractivity contribution in [1.82, 2.24) is 20.0 Å². The first-order valence-corrected chi connectivity index (χ1v) is 6.58. The second-order valence-electron chi connectivity index (χ2n) is 4.60. The number of nitrogens with zero attached hydrogens (tertiary/aromatic N) is 3. The predicted octanol–water partition coefficient (Wildman–Crippen LogP) is 1.90. The van der Waals surface area contributed by atoms with E-state index in [0.717, 1.165) is 38.2 Å². The van der Waals surface area contributed by atoms with E-state index in [-0.39, 0.29) is 0 Å². The minimum atomic E-state index is 0.548. The standard InChI is InChI=1S/C13H26N4/c1-5-13(6-2)17-9-7-12(15-17)11-16(4)10-8-14-3/h7,9,13-14H,5-6,8,10-11H2,1-4H3. The maximum absolute atomic E-state index is 4.65. The molecule has 4 nitrogen and oxygen atoms in total. The van der Waals surface area contributed by atoms with Gasteiger partial charge in [-0.3, -0.25) is 9.58 Å². The van der Waals surface area contributed by atoms with Crippen LogP contribution in [0.4, 0.5) is 0 Å².